The van der Waals surface area contributed by atoms with Crippen LogP contribution in [0, 0.1) is 0 Å². The molecule has 250 valence electrons. The maximum atomic E-state index is 13.9. The van der Waals surface area contributed by atoms with Gasteiger partial charge in [-0.2, -0.15) is 44.3 Å². The smallest absolute Gasteiger partial charge is 0.433 e. The van der Waals surface area contributed by atoms with Crippen molar-refractivity contribution in [1.29, 1.82) is 0 Å². The maximum Gasteiger partial charge on any atom is 0.433 e. The predicted octanol–water partition coefficient (Wildman–Crippen LogP) is 6.32. The zero-order valence-electron chi connectivity index (χ0n) is 24.1. The normalized spacial score (nSPS) is 20.5. The van der Waals surface area contributed by atoms with E-state index in [1.54, 1.807) is 6.92 Å². The average molecular weight is 668 g/mol. The van der Waals surface area contributed by atoms with Gasteiger partial charge in [0.25, 0.3) is 5.95 Å². The number of ether oxygens (including phenoxy) is 2. The Hall–Kier alpha value is -4.16. The van der Waals surface area contributed by atoms with Gasteiger partial charge >= 0.3 is 24.6 Å². The largest absolute Gasteiger partial charge is 0.443 e. The lowest BCUT2D eigenvalue weighted by Crippen LogP contribution is -2.49. The number of alkyl halides is 9. The number of tetrazole rings is 1. The minimum atomic E-state index is -5.15. The molecule has 1 amide bonds. The van der Waals surface area contributed by atoms with Gasteiger partial charge in [0.2, 0.25) is 0 Å². The molecule has 3 atom stereocenters. The van der Waals surface area contributed by atoms with Gasteiger partial charge in [-0.15, -0.1) is 5.10 Å². The zero-order chi connectivity index (χ0) is 33.6. The molecular formula is C27H26F9N7O3. The van der Waals surface area contributed by atoms with E-state index in [1.807, 2.05) is 0 Å². The molecule has 19 heteroatoms. The molecule has 0 saturated carbocycles. The zero-order valence-corrected chi connectivity index (χ0v) is 24.1. The molecule has 0 spiro atoms. The summed E-state index contributed by atoms with van der Waals surface area (Å²) < 4.78 is 135. The lowest BCUT2D eigenvalue weighted by atomic mass is 9.91. The molecule has 46 heavy (non-hydrogen) atoms. The molecule has 0 bridgehead atoms. The van der Waals surface area contributed by atoms with Crippen molar-refractivity contribution in [3.05, 3.63) is 58.4 Å². The molecule has 5 rings (SSSR count). The first kappa shape index (κ1) is 33.2. The van der Waals surface area contributed by atoms with Gasteiger partial charge in [0.15, 0.2) is 0 Å². The van der Waals surface area contributed by atoms with Crippen molar-refractivity contribution in [3.8, 4) is 0 Å². The van der Waals surface area contributed by atoms with E-state index in [9.17, 15) is 44.3 Å². The van der Waals surface area contributed by atoms with Crippen molar-refractivity contribution < 1.29 is 53.8 Å². The second-order valence-corrected chi connectivity index (χ2v) is 10.8. The Kier molecular flexibility index (Phi) is 8.82. The minimum absolute atomic E-state index is 0.0343. The summed E-state index contributed by atoms with van der Waals surface area (Å²) >= 11 is 0. The Labute approximate surface area is 255 Å². The predicted molar refractivity (Wildman–Crippen MR) is 140 cm³/mol. The first-order chi connectivity index (χ1) is 21.5. The van der Waals surface area contributed by atoms with Crippen LogP contribution in [-0.4, -0.2) is 56.6 Å². The molecule has 2 aliphatic heterocycles. The van der Waals surface area contributed by atoms with E-state index in [-0.39, 0.29) is 42.8 Å². The van der Waals surface area contributed by atoms with Crippen molar-refractivity contribution in [3.63, 3.8) is 0 Å². The van der Waals surface area contributed by atoms with Crippen LogP contribution in [0.1, 0.15) is 60.3 Å². The summed E-state index contributed by atoms with van der Waals surface area (Å²) in [7, 11) is 1.34. The van der Waals surface area contributed by atoms with E-state index in [2.05, 4.69) is 20.4 Å². The van der Waals surface area contributed by atoms with Crippen molar-refractivity contribution >= 4 is 17.7 Å². The number of nitrogens with zero attached hydrogens (tertiary/aromatic N) is 7. The highest BCUT2D eigenvalue weighted by Crippen LogP contribution is 2.45. The Morgan fingerprint density at radius 1 is 1.02 bits per heavy atom. The second-order valence-electron chi connectivity index (χ2n) is 10.8. The number of aromatic nitrogens is 5. The van der Waals surface area contributed by atoms with Crippen molar-refractivity contribution in [2.24, 2.45) is 7.05 Å². The molecule has 10 nitrogen and oxygen atoms in total. The molecule has 1 unspecified atom stereocenters. The number of fused-ring (bicyclic) bond motifs is 1. The van der Waals surface area contributed by atoms with E-state index < -0.39 is 71.7 Å². The molecule has 0 N–H and O–H groups in total. The maximum absolute atomic E-state index is 13.9. The number of halogens is 9. The lowest BCUT2D eigenvalue weighted by molar-refractivity contribution is -0.143. The summed E-state index contributed by atoms with van der Waals surface area (Å²) in [6.07, 6.45) is -16.2. The van der Waals surface area contributed by atoms with Crippen LogP contribution >= 0.6 is 0 Å². The minimum Gasteiger partial charge on any atom is -0.443 e. The van der Waals surface area contributed by atoms with E-state index in [0.717, 1.165) is 20.7 Å². The molecule has 3 aromatic rings. The number of amides is 1. The van der Waals surface area contributed by atoms with E-state index in [0.29, 0.717) is 31.2 Å². The first-order valence-corrected chi connectivity index (χ1v) is 13.9. The third-order valence-electron chi connectivity index (χ3n) is 7.58. The van der Waals surface area contributed by atoms with Gasteiger partial charge in [-0.1, -0.05) is 12.0 Å². The van der Waals surface area contributed by atoms with Crippen LogP contribution in [-0.2, 0) is 41.6 Å². The summed E-state index contributed by atoms with van der Waals surface area (Å²) in [6, 6.07) is 0.652. The van der Waals surface area contributed by atoms with Crippen molar-refractivity contribution in [2.75, 3.05) is 23.0 Å². The standard InChI is InChI=1S/C27H26F9N7O3/c1-3-17-11-20(22-19(4-5-21(37-22)27(34,35)36)43(17)24(44)46-18-6-7-45-13-18)42(23-38-40-41(2)39-23)12-14-8-15(25(28,29)30)10-16(9-14)26(31,32)33/h4-5,8-10,17-18,20H,3,6-7,11-13H2,1-2H3/t17-,18?,20+/m1/s1. The molecule has 0 aliphatic carbocycles. The number of benzene rings is 1. The average Bonchev–Trinajstić information content (AvgIpc) is 3.64. The summed E-state index contributed by atoms with van der Waals surface area (Å²) in [6.45, 7) is 1.44. The molecule has 1 saturated heterocycles. The van der Waals surface area contributed by atoms with Gasteiger partial charge in [0.05, 0.1) is 48.8 Å². The molecule has 2 aliphatic rings. The number of carbonyl (C=O) groups excluding carboxylic acids is 1. The summed E-state index contributed by atoms with van der Waals surface area (Å²) in [5.74, 6) is -0.308. The van der Waals surface area contributed by atoms with Gasteiger partial charge in [-0.25, -0.2) is 9.78 Å². The second kappa shape index (κ2) is 12.2. The summed E-state index contributed by atoms with van der Waals surface area (Å²) in [5, 5.41) is 11.6. The quantitative estimate of drug-likeness (QED) is 0.282. The van der Waals surface area contributed by atoms with Crippen LogP contribution in [0.2, 0.25) is 0 Å². The fourth-order valence-electron chi connectivity index (χ4n) is 5.44. The SMILES string of the molecule is CC[C@@H]1C[C@H](N(Cc2cc(C(F)(F)F)cc(C(F)(F)F)c2)c2nnn(C)n2)c2nc(C(F)(F)F)ccc2N1C(=O)OC1CCOC1. The highest BCUT2D eigenvalue weighted by molar-refractivity contribution is 5.90. The Morgan fingerprint density at radius 3 is 2.22 bits per heavy atom. The Bertz CT molecular complexity index is 1540. The van der Waals surface area contributed by atoms with Crippen molar-refractivity contribution in [1.82, 2.24) is 25.2 Å². The topological polar surface area (TPSA) is 98.5 Å². The van der Waals surface area contributed by atoms with Crippen LogP contribution in [0.4, 0.5) is 55.9 Å². The Morgan fingerprint density at radius 2 is 1.70 bits per heavy atom. The number of aryl methyl sites for hydroxylation is 1. The molecular weight excluding hydrogens is 641 g/mol. The lowest BCUT2D eigenvalue weighted by Gasteiger charge is -2.43. The number of anilines is 2. The first-order valence-electron chi connectivity index (χ1n) is 13.9. The van der Waals surface area contributed by atoms with E-state index >= 15 is 0 Å². The number of hydrogen-bond acceptors (Lipinski definition) is 8. The van der Waals surface area contributed by atoms with Crippen LogP contribution in [0.25, 0.3) is 0 Å². The highest BCUT2D eigenvalue weighted by atomic mass is 19.4. The Balaban J connectivity index is 1.65. The third kappa shape index (κ3) is 6.97. The summed E-state index contributed by atoms with van der Waals surface area (Å²) in [4.78, 5) is 20.5. The highest BCUT2D eigenvalue weighted by Gasteiger charge is 2.44. The van der Waals surface area contributed by atoms with Gasteiger partial charge in [-0.05, 0) is 54.0 Å². The fraction of sp³-hybridized carbons (Fsp3) is 0.519. The number of hydrogen-bond donors (Lipinski definition) is 0. The van der Waals surface area contributed by atoms with Gasteiger partial charge in [0, 0.05) is 19.0 Å². The van der Waals surface area contributed by atoms with Crippen LogP contribution in [0.3, 0.4) is 0 Å². The number of pyridine rings is 1. The molecule has 1 aromatic carbocycles. The number of rotatable bonds is 6. The molecule has 0 radical (unpaired) electrons. The fourth-order valence-corrected chi connectivity index (χ4v) is 5.44. The van der Waals surface area contributed by atoms with Gasteiger partial charge in [-0.3, -0.25) is 4.90 Å². The van der Waals surface area contributed by atoms with Gasteiger partial charge < -0.3 is 14.4 Å². The molecule has 2 aromatic heterocycles. The van der Waals surface area contributed by atoms with Gasteiger partial charge in [0.1, 0.15) is 11.8 Å². The number of carbonyl (C=O) groups is 1. The van der Waals surface area contributed by atoms with E-state index in [1.165, 1.54) is 7.05 Å². The van der Waals surface area contributed by atoms with E-state index in [4.69, 9.17) is 9.47 Å². The van der Waals surface area contributed by atoms with Crippen molar-refractivity contribution in [2.45, 2.75) is 69.4 Å². The molecule has 1 fully saturated rings. The van der Waals surface area contributed by atoms with Crippen LogP contribution < -0.4 is 9.80 Å². The van der Waals surface area contributed by atoms with Crippen LogP contribution in [0.5, 0.6) is 0 Å². The summed E-state index contributed by atoms with van der Waals surface area (Å²) in [5.41, 5.74) is -5.42. The van der Waals surface area contributed by atoms with Crippen LogP contribution in [0.15, 0.2) is 30.3 Å². The molecule has 4 heterocycles. The third-order valence-corrected chi connectivity index (χ3v) is 7.58. The monoisotopic (exact) mass is 667 g/mol.